The van der Waals surface area contributed by atoms with Crippen molar-refractivity contribution in [1.82, 2.24) is 5.32 Å². The molecule has 0 aliphatic carbocycles. The molecule has 2 N–H and O–H groups in total. The maximum absolute atomic E-state index is 5.73. The average Bonchev–Trinajstić information content (AvgIpc) is 2.68. The standard InChI is InChI=1S/C22H29N3O2S/c1-16(2)27-21-6-4-5-19(15-21)24-22(28)23-17(3)18-7-9-20(10-8-18)25-11-13-26-14-12-25/h4-10,15-17H,11-14H2,1-3H3,(H2,23,24,28). The molecule has 6 heteroatoms. The number of rotatable bonds is 6. The van der Waals surface area contributed by atoms with Crippen molar-refractivity contribution in [2.45, 2.75) is 32.9 Å². The summed E-state index contributed by atoms with van der Waals surface area (Å²) in [7, 11) is 0. The number of hydrogen-bond acceptors (Lipinski definition) is 4. The largest absolute Gasteiger partial charge is 0.491 e. The van der Waals surface area contributed by atoms with Crippen LogP contribution in [0.5, 0.6) is 5.75 Å². The van der Waals surface area contributed by atoms with Crippen molar-refractivity contribution in [3.63, 3.8) is 0 Å². The average molecular weight is 400 g/mol. The van der Waals surface area contributed by atoms with E-state index in [1.165, 1.54) is 11.3 Å². The quantitative estimate of drug-likeness (QED) is 0.704. The van der Waals surface area contributed by atoms with Crippen molar-refractivity contribution in [3.8, 4) is 5.75 Å². The molecule has 5 nitrogen and oxygen atoms in total. The van der Waals surface area contributed by atoms with Gasteiger partial charge in [0.15, 0.2) is 5.11 Å². The Morgan fingerprint density at radius 1 is 1.07 bits per heavy atom. The minimum Gasteiger partial charge on any atom is -0.491 e. The summed E-state index contributed by atoms with van der Waals surface area (Å²) in [6.07, 6.45) is 0.140. The van der Waals surface area contributed by atoms with Crippen LogP contribution in [-0.4, -0.2) is 37.5 Å². The molecule has 1 saturated heterocycles. The smallest absolute Gasteiger partial charge is 0.171 e. The molecule has 2 aromatic carbocycles. The van der Waals surface area contributed by atoms with Crippen LogP contribution in [0.3, 0.4) is 0 Å². The van der Waals surface area contributed by atoms with Crippen LogP contribution in [0, 0.1) is 0 Å². The van der Waals surface area contributed by atoms with Gasteiger partial charge >= 0.3 is 0 Å². The third-order valence-electron chi connectivity index (χ3n) is 4.58. The maximum atomic E-state index is 5.73. The van der Waals surface area contributed by atoms with Gasteiger partial charge in [0.05, 0.1) is 25.4 Å². The first-order chi connectivity index (χ1) is 13.5. The Morgan fingerprint density at radius 3 is 2.46 bits per heavy atom. The topological polar surface area (TPSA) is 45.8 Å². The summed E-state index contributed by atoms with van der Waals surface area (Å²) in [6, 6.07) is 16.6. The first-order valence-corrected chi connectivity index (χ1v) is 10.2. The minimum atomic E-state index is 0.105. The van der Waals surface area contributed by atoms with Crippen LogP contribution in [0.4, 0.5) is 11.4 Å². The highest BCUT2D eigenvalue weighted by Gasteiger charge is 2.12. The fraction of sp³-hybridized carbons (Fsp3) is 0.409. The van der Waals surface area contributed by atoms with Gasteiger partial charge in [0.25, 0.3) is 0 Å². The summed E-state index contributed by atoms with van der Waals surface area (Å²) in [4.78, 5) is 2.35. The van der Waals surface area contributed by atoms with Crippen LogP contribution < -0.4 is 20.3 Å². The van der Waals surface area contributed by atoms with E-state index in [1.807, 2.05) is 38.1 Å². The molecule has 0 amide bonds. The number of nitrogens with zero attached hydrogens (tertiary/aromatic N) is 1. The monoisotopic (exact) mass is 399 g/mol. The van der Waals surface area contributed by atoms with Gasteiger partial charge in [-0.3, -0.25) is 0 Å². The van der Waals surface area contributed by atoms with Gasteiger partial charge in [0.1, 0.15) is 5.75 Å². The fourth-order valence-electron chi connectivity index (χ4n) is 3.16. The van der Waals surface area contributed by atoms with Crippen molar-refractivity contribution in [3.05, 3.63) is 54.1 Å². The molecule has 3 rings (SSSR count). The number of nitrogens with one attached hydrogen (secondary N) is 2. The number of morpholine rings is 1. The van der Waals surface area contributed by atoms with Gasteiger partial charge in [-0.1, -0.05) is 18.2 Å². The van der Waals surface area contributed by atoms with Gasteiger partial charge in [-0.05, 0) is 62.8 Å². The lowest BCUT2D eigenvalue weighted by Crippen LogP contribution is -2.36. The second kappa shape index (κ2) is 9.75. The van der Waals surface area contributed by atoms with E-state index in [0.29, 0.717) is 5.11 Å². The number of ether oxygens (including phenoxy) is 2. The molecule has 1 unspecified atom stereocenters. The van der Waals surface area contributed by atoms with Gasteiger partial charge in [0.2, 0.25) is 0 Å². The Bertz CT molecular complexity index is 774. The molecule has 150 valence electrons. The zero-order valence-electron chi connectivity index (χ0n) is 16.8. The van der Waals surface area contributed by atoms with E-state index < -0.39 is 0 Å². The molecule has 1 heterocycles. The highest BCUT2D eigenvalue weighted by molar-refractivity contribution is 7.80. The highest BCUT2D eigenvalue weighted by Crippen LogP contribution is 2.21. The molecule has 1 aliphatic rings. The number of hydrogen-bond donors (Lipinski definition) is 2. The Kier molecular flexibility index (Phi) is 7.12. The molecule has 1 atom stereocenters. The molecule has 0 spiro atoms. The van der Waals surface area contributed by atoms with Crippen LogP contribution in [0.15, 0.2) is 48.5 Å². The Balaban J connectivity index is 1.55. The Hall–Kier alpha value is -2.31. The van der Waals surface area contributed by atoms with E-state index in [4.69, 9.17) is 21.7 Å². The van der Waals surface area contributed by atoms with Crippen LogP contribution >= 0.6 is 12.2 Å². The summed E-state index contributed by atoms with van der Waals surface area (Å²) in [5.41, 5.74) is 3.34. The molecule has 28 heavy (non-hydrogen) atoms. The Morgan fingerprint density at radius 2 is 1.79 bits per heavy atom. The van der Waals surface area contributed by atoms with Crippen molar-refractivity contribution < 1.29 is 9.47 Å². The zero-order valence-corrected chi connectivity index (χ0v) is 17.6. The lowest BCUT2D eigenvalue weighted by Gasteiger charge is -2.29. The predicted octanol–water partition coefficient (Wildman–Crippen LogP) is 4.36. The first kappa shape index (κ1) is 20.4. The van der Waals surface area contributed by atoms with Crippen LogP contribution in [0.1, 0.15) is 32.4 Å². The van der Waals surface area contributed by atoms with Gasteiger partial charge in [0, 0.05) is 30.5 Å². The Labute approximate surface area is 173 Å². The fourth-order valence-corrected chi connectivity index (χ4v) is 3.46. The molecule has 1 fully saturated rings. The van der Waals surface area contributed by atoms with Crippen LogP contribution in [0.25, 0.3) is 0 Å². The predicted molar refractivity (Wildman–Crippen MR) is 119 cm³/mol. The number of anilines is 2. The van der Waals surface area contributed by atoms with Gasteiger partial charge in [-0.2, -0.15) is 0 Å². The highest BCUT2D eigenvalue weighted by atomic mass is 32.1. The summed E-state index contributed by atoms with van der Waals surface area (Å²) >= 11 is 5.49. The van der Waals surface area contributed by atoms with E-state index >= 15 is 0 Å². The second-order valence-electron chi connectivity index (χ2n) is 7.21. The van der Waals surface area contributed by atoms with E-state index in [-0.39, 0.29) is 12.1 Å². The summed E-state index contributed by atoms with van der Waals surface area (Å²) in [5.74, 6) is 0.828. The molecule has 0 aromatic heterocycles. The molecule has 0 saturated carbocycles. The minimum absolute atomic E-state index is 0.105. The van der Waals surface area contributed by atoms with Crippen molar-refractivity contribution >= 4 is 28.7 Å². The van der Waals surface area contributed by atoms with Crippen molar-refractivity contribution in [1.29, 1.82) is 0 Å². The van der Waals surface area contributed by atoms with E-state index in [2.05, 4.69) is 46.7 Å². The SMILES string of the molecule is CC(C)Oc1cccc(NC(=S)NC(C)c2ccc(N3CCOCC3)cc2)c1. The van der Waals surface area contributed by atoms with Crippen LogP contribution in [-0.2, 0) is 4.74 Å². The third-order valence-corrected chi connectivity index (χ3v) is 4.80. The lowest BCUT2D eigenvalue weighted by atomic mass is 10.1. The normalized spacial score (nSPS) is 15.2. The molecule has 0 bridgehead atoms. The van der Waals surface area contributed by atoms with E-state index in [9.17, 15) is 0 Å². The van der Waals surface area contributed by atoms with Gasteiger partial charge < -0.3 is 25.0 Å². The summed E-state index contributed by atoms with van der Waals surface area (Å²) in [6.45, 7) is 9.61. The van der Waals surface area contributed by atoms with Crippen molar-refractivity contribution in [2.24, 2.45) is 0 Å². The molecule has 0 radical (unpaired) electrons. The summed E-state index contributed by atoms with van der Waals surface area (Å²) < 4.78 is 11.2. The summed E-state index contributed by atoms with van der Waals surface area (Å²) in [5, 5.41) is 7.18. The molecular formula is C22H29N3O2S. The van der Waals surface area contributed by atoms with E-state index in [1.54, 1.807) is 0 Å². The third kappa shape index (κ3) is 5.84. The van der Waals surface area contributed by atoms with Crippen LogP contribution in [0.2, 0.25) is 0 Å². The molecular weight excluding hydrogens is 370 g/mol. The molecule has 2 aromatic rings. The number of thiocarbonyl (C=S) groups is 1. The molecule has 1 aliphatic heterocycles. The zero-order chi connectivity index (χ0) is 19.9. The lowest BCUT2D eigenvalue weighted by molar-refractivity contribution is 0.122. The van der Waals surface area contributed by atoms with Gasteiger partial charge in [-0.15, -0.1) is 0 Å². The first-order valence-electron chi connectivity index (χ1n) is 9.78. The van der Waals surface area contributed by atoms with Gasteiger partial charge in [-0.25, -0.2) is 0 Å². The maximum Gasteiger partial charge on any atom is 0.171 e. The second-order valence-corrected chi connectivity index (χ2v) is 7.61. The van der Waals surface area contributed by atoms with E-state index in [0.717, 1.165) is 37.7 Å². The van der Waals surface area contributed by atoms with Crippen molar-refractivity contribution in [2.75, 3.05) is 36.5 Å². The number of benzene rings is 2.